The van der Waals surface area contributed by atoms with Gasteiger partial charge in [0.25, 0.3) is 5.56 Å². The van der Waals surface area contributed by atoms with Gasteiger partial charge in [0.2, 0.25) is 11.8 Å². The van der Waals surface area contributed by atoms with Crippen LogP contribution in [0.1, 0.15) is 37.9 Å². The lowest BCUT2D eigenvalue weighted by Gasteiger charge is -2.06. The highest BCUT2D eigenvalue weighted by molar-refractivity contribution is 6.03. The fourth-order valence-corrected chi connectivity index (χ4v) is 1.88. The van der Waals surface area contributed by atoms with Gasteiger partial charge in [0.15, 0.2) is 0 Å². The predicted molar refractivity (Wildman–Crippen MR) is 65.1 cm³/mol. The van der Waals surface area contributed by atoms with Gasteiger partial charge in [-0.25, -0.2) is 4.99 Å². The summed E-state index contributed by atoms with van der Waals surface area (Å²) < 4.78 is 9.76. The van der Waals surface area contributed by atoms with Crippen LogP contribution in [0.25, 0.3) is 0 Å². The van der Waals surface area contributed by atoms with E-state index in [1.807, 2.05) is 0 Å². The third-order valence-corrected chi connectivity index (χ3v) is 2.50. The molecular formula is C12H12N2O5. The molecule has 7 heteroatoms. The van der Waals surface area contributed by atoms with Crippen LogP contribution in [-0.2, 0) is 14.3 Å². The van der Waals surface area contributed by atoms with Crippen molar-refractivity contribution in [1.29, 1.82) is 0 Å². The van der Waals surface area contributed by atoms with Crippen LogP contribution in [0.5, 0.6) is 5.88 Å². The molecule has 0 spiro atoms. The Kier molecular flexibility index (Phi) is 3.20. The Hall–Kier alpha value is -2.44. The summed E-state index contributed by atoms with van der Waals surface area (Å²) in [4.78, 5) is 40.3. The number of hydrogen-bond donors (Lipinski definition) is 1. The summed E-state index contributed by atoms with van der Waals surface area (Å²) in [7, 11) is 0. The number of carbonyl (C=O) groups is 2. The van der Waals surface area contributed by atoms with E-state index >= 15 is 0 Å². The minimum atomic E-state index is -0.562. The summed E-state index contributed by atoms with van der Waals surface area (Å²) in [6.45, 7) is 4.16. The molecule has 1 aliphatic heterocycles. The zero-order chi connectivity index (χ0) is 14.2. The van der Waals surface area contributed by atoms with Gasteiger partial charge < -0.3 is 9.47 Å². The van der Waals surface area contributed by atoms with Crippen molar-refractivity contribution in [3.8, 4) is 5.88 Å². The zero-order valence-corrected chi connectivity index (χ0v) is 10.6. The molecule has 0 saturated carbocycles. The summed E-state index contributed by atoms with van der Waals surface area (Å²) >= 11 is 0. The lowest BCUT2D eigenvalue weighted by Crippen LogP contribution is -2.19. The topological polar surface area (TPSA) is 97.8 Å². The Balaban J connectivity index is 2.49. The first-order valence-electron chi connectivity index (χ1n) is 5.60. The van der Waals surface area contributed by atoms with Crippen LogP contribution in [-0.4, -0.2) is 22.8 Å². The predicted octanol–water partition coefficient (Wildman–Crippen LogP) is 0.684. The van der Waals surface area contributed by atoms with Crippen LogP contribution in [0, 0.1) is 0 Å². The fraction of sp³-hybridized carbons (Fsp3) is 0.333. The zero-order valence-electron chi connectivity index (χ0n) is 10.6. The van der Waals surface area contributed by atoms with Crippen molar-refractivity contribution in [1.82, 2.24) is 4.98 Å². The molecule has 2 heterocycles. The molecule has 7 nitrogen and oxygen atoms in total. The standard InChI is InChI=1S/C12H12N2O5/c1-5-10-8(12(13-5)19-7(3)16)4-9(14-11(10)17)18-6(2)15/h4-5H,1-3H3,(H,14,17)/t5-/m1/s1. The highest BCUT2D eigenvalue weighted by Crippen LogP contribution is 2.28. The summed E-state index contributed by atoms with van der Waals surface area (Å²) in [5.41, 5.74) is 0.321. The first kappa shape index (κ1) is 13.0. The highest BCUT2D eigenvalue weighted by Gasteiger charge is 2.28. The first-order chi connectivity index (χ1) is 8.88. The molecule has 0 saturated heterocycles. The number of nitrogens with one attached hydrogen (secondary N) is 1. The quantitative estimate of drug-likeness (QED) is 0.752. The van der Waals surface area contributed by atoms with E-state index in [-0.39, 0.29) is 11.8 Å². The summed E-state index contributed by atoms with van der Waals surface area (Å²) in [5.74, 6) is -1.04. The monoisotopic (exact) mass is 264 g/mol. The number of fused-ring (bicyclic) bond motifs is 1. The van der Waals surface area contributed by atoms with Crippen LogP contribution in [0.2, 0.25) is 0 Å². The molecule has 0 aromatic carbocycles. The molecule has 0 radical (unpaired) electrons. The number of carbonyl (C=O) groups excluding carboxylic acids is 2. The molecule has 1 aliphatic rings. The number of esters is 2. The molecule has 1 N–H and O–H groups in total. The molecule has 1 aromatic heterocycles. The number of rotatable bonds is 1. The molecule has 0 unspecified atom stereocenters. The molecule has 19 heavy (non-hydrogen) atoms. The first-order valence-corrected chi connectivity index (χ1v) is 5.60. The van der Waals surface area contributed by atoms with E-state index in [0.29, 0.717) is 11.1 Å². The van der Waals surface area contributed by atoms with Crippen LogP contribution < -0.4 is 10.3 Å². The van der Waals surface area contributed by atoms with Gasteiger partial charge >= 0.3 is 11.9 Å². The SMILES string of the molecule is CC(=O)OC1=N[C@H](C)c2c1cc(OC(C)=O)[nH]c2=O. The van der Waals surface area contributed by atoms with Gasteiger partial charge in [-0.15, -0.1) is 0 Å². The number of aromatic amines is 1. The van der Waals surface area contributed by atoms with Gasteiger partial charge in [0, 0.05) is 19.9 Å². The van der Waals surface area contributed by atoms with Crippen LogP contribution in [0.15, 0.2) is 15.9 Å². The average Bonchev–Trinajstić information content (AvgIpc) is 2.53. The van der Waals surface area contributed by atoms with Gasteiger partial charge in [-0.2, -0.15) is 0 Å². The Bertz CT molecular complexity index is 644. The van der Waals surface area contributed by atoms with E-state index in [1.54, 1.807) is 6.92 Å². The fourth-order valence-electron chi connectivity index (χ4n) is 1.88. The van der Waals surface area contributed by atoms with E-state index < -0.39 is 23.5 Å². The Morgan fingerprint density at radius 3 is 2.47 bits per heavy atom. The number of aromatic nitrogens is 1. The summed E-state index contributed by atoms with van der Waals surface area (Å²) in [6, 6.07) is 1.00. The van der Waals surface area contributed by atoms with Gasteiger partial charge in [-0.05, 0) is 6.92 Å². The van der Waals surface area contributed by atoms with Crippen molar-refractivity contribution < 1.29 is 19.1 Å². The minimum absolute atomic E-state index is 0.00907. The number of nitrogens with zero attached hydrogens (tertiary/aromatic N) is 1. The molecule has 0 bridgehead atoms. The molecular weight excluding hydrogens is 252 g/mol. The molecule has 100 valence electrons. The van der Waals surface area contributed by atoms with E-state index in [9.17, 15) is 14.4 Å². The average molecular weight is 264 g/mol. The van der Waals surface area contributed by atoms with Gasteiger partial charge in [0.1, 0.15) is 0 Å². The Labute approximate surface area is 108 Å². The highest BCUT2D eigenvalue weighted by atomic mass is 16.5. The maximum atomic E-state index is 11.9. The van der Waals surface area contributed by atoms with E-state index in [2.05, 4.69) is 9.98 Å². The number of H-pyrrole nitrogens is 1. The van der Waals surface area contributed by atoms with Gasteiger partial charge in [-0.1, -0.05) is 0 Å². The smallest absolute Gasteiger partial charge is 0.309 e. The molecule has 2 rings (SSSR count). The maximum Gasteiger partial charge on any atom is 0.309 e. The largest absolute Gasteiger partial charge is 0.410 e. The van der Waals surface area contributed by atoms with E-state index in [4.69, 9.17) is 9.47 Å². The molecule has 0 aliphatic carbocycles. The van der Waals surface area contributed by atoms with Crippen molar-refractivity contribution in [3.63, 3.8) is 0 Å². The molecule has 1 atom stereocenters. The maximum absolute atomic E-state index is 11.9. The van der Waals surface area contributed by atoms with Crippen LogP contribution in [0.3, 0.4) is 0 Å². The van der Waals surface area contributed by atoms with Crippen molar-refractivity contribution in [2.75, 3.05) is 0 Å². The van der Waals surface area contributed by atoms with Crippen molar-refractivity contribution >= 4 is 17.8 Å². The normalized spacial score (nSPS) is 16.6. The van der Waals surface area contributed by atoms with Gasteiger partial charge in [0.05, 0.1) is 17.2 Å². The van der Waals surface area contributed by atoms with Gasteiger partial charge in [-0.3, -0.25) is 19.4 Å². The molecule has 1 aromatic rings. The van der Waals surface area contributed by atoms with Crippen LogP contribution >= 0.6 is 0 Å². The Morgan fingerprint density at radius 1 is 1.26 bits per heavy atom. The molecule has 0 amide bonds. The van der Waals surface area contributed by atoms with Crippen molar-refractivity contribution in [2.24, 2.45) is 4.99 Å². The number of ether oxygens (including phenoxy) is 2. The third kappa shape index (κ3) is 2.54. The number of hydrogen-bond acceptors (Lipinski definition) is 6. The van der Waals surface area contributed by atoms with E-state index in [1.165, 1.54) is 19.9 Å². The summed E-state index contributed by atoms with van der Waals surface area (Å²) in [5, 5.41) is 0. The second-order valence-electron chi connectivity index (χ2n) is 4.09. The lowest BCUT2D eigenvalue weighted by atomic mass is 10.1. The van der Waals surface area contributed by atoms with Crippen molar-refractivity contribution in [3.05, 3.63) is 27.5 Å². The second kappa shape index (κ2) is 4.68. The number of aliphatic imine (C=N–C) groups is 1. The van der Waals surface area contributed by atoms with Crippen LogP contribution in [0.4, 0.5) is 0 Å². The summed E-state index contributed by atoms with van der Waals surface area (Å²) in [6.07, 6.45) is 0. The minimum Gasteiger partial charge on any atom is -0.410 e. The lowest BCUT2D eigenvalue weighted by molar-refractivity contribution is -0.133. The van der Waals surface area contributed by atoms with Crippen molar-refractivity contribution in [2.45, 2.75) is 26.8 Å². The third-order valence-electron chi connectivity index (χ3n) is 2.50. The Morgan fingerprint density at radius 2 is 1.89 bits per heavy atom. The number of pyridine rings is 1. The van der Waals surface area contributed by atoms with E-state index in [0.717, 1.165) is 0 Å². The molecule has 0 fully saturated rings. The second-order valence-corrected chi connectivity index (χ2v) is 4.09.